The maximum atomic E-state index is 13.2. The molecule has 14 heteroatoms. The molecule has 2 amide bonds. The van der Waals surface area contributed by atoms with Gasteiger partial charge in [0.25, 0.3) is 11.5 Å². The third kappa shape index (κ3) is 5.55. The van der Waals surface area contributed by atoms with E-state index in [-0.39, 0.29) is 48.8 Å². The van der Waals surface area contributed by atoms with Crippen molar-refractivity contribution in [3.63, 3.8) is 0 Å². The van der Waals surface area contributed by atoms with Crippen molar-refractivity contribution in [1.29, 1.82) is 0 Å². The topological polar surface area (TPSA) is 150 Å². The summed E-state index contributed by atoms with van der Waals surface area (Å²) in [6.07, 6.45) is 4.28. The minimum absolute atomic E-state index is 0.0859. The number of hydrogen-bond donors (Lipinski definition) is 1. The molecule has 1 N–H and O–H groups in total. The quantitative estimate of drug-likeness (QED) is 0.292. The van der Waals surface area contributed by atoms with Crippen LogP contribution in [0.25, 0.3) is 11.0 Å². The predicted octanol–water partition coefficient (Wildman–Crippen LogP) is 2.67. The first-order valence-corrected chi connectivity index (χ1v) is 15.1. The highest BCUT2D eigenvalue weighted by Crippen LogP contribution is 2.37. The SMILES string of the molecule is COc1ccc(CN2C(=O)COc3cnc(N4C(=O)O[C@@H]5C[C@H](NCCn6c(=O)ccc7ncc(OC)cc76)CC[C@H]54)nc32)cc1. The van der Waals surface area contributed by atoms with Crippen molar-refractivity contribution < 1.29 is 28.5 Å². The number of methoxy groups -OCH3 is 2. The first-order chi connectivity index (χ1) is 22.4. The molecule has 0 unspecified atom stereocenters. The van der Waals surface area contributed by atoms with Crippen molar-refractivity contribution in [2.75, 3.05) is 37.2 Å². The molecule has 0 radical (unpaired) electrons. The number of benzene rings is 1. The molecular weight excluding hydrogens is 594 g/mol. The highest BCUT2D eigenvalue weighted by Gasteiger charge is 2.47. The Hall–Kier alpha value is -5.24. The maximum absolute atomic E-state index is 13.2. The molecule has 5 heterocycles. The van der Waals surface area contributed by atoms with Gasteiger partial charge in [0, 0.05) is 37.7 Å². The second-order valence-corrected chi connectivity index (χ2v) is 11.4. The second-order valence-electron chi connectivity index (χ2n) is 11.4. The van der Waals surface area contributed by atoms with E-state index in [1.54, 1.807) is 35.9 Å². The summed E-state index contributed by atoms with van der Waals surface area (Å²) in [6, 6.07) is 12.3. The molecule has 3 atom stereocenters. The number of ether oxygens (including phenoxy) is 4. The number of amides is 2. The van der Waals surface area contributed by atoms with Crippen LogP contribution in [0, 0.1) is 0 Å². The summed E-state index contributed by atoms with van der Waals surface area (Å²) in [5, 5.41) is 3.53. The molecule has 1 aromatic carbocycles. The number of nitrogens with zero attached hydrogens (tertiary/aromatic N) is 6. The number of aromatic nitrogens is 4. The van der Waals surface area contributed by atoms with Crippen molar-refractivity contribution in [3.05, 3.63) is 70.8 Å². The van der Waals surface area contributed by atoms with Gasteiger partial charge in [-0.25, -0.2) is 14.7 Å². The van der Waals surface area contributed by atoms with E-state index in [0.29, 0.717) is 60.0 Å². The maximum Gasteiger partial charge on any atom is 0.417 e. The van der Waals surface area contributed by atoms with Crippen LogP contribution in [-0.4, -0.2) is 77.1 Å². The van der Waals surface area contributed by atoms with Crippen LogP contribution in [0.5, 0.6) is 17.2 Å². The minimum atomic E-state index is -0.524. The van der Waals surface area contributed by atoms with Crippen LogP contribution in [0.15, 0.2) is 59.7 Å². The zero-order valence-corrected chi connectivity index (χ0v) is 25.4. The van der Waals surface area contributed by atoms with Gasteiger partial charge in [0.05, 0.1) is 50.2 Å². The molecule has 3 aliphatic rings. The first-order valence-electron chi connectivity index (χ1n) is 15.1. The summed E-state index contributed by atoms with van der Waals surface area (Å²) < 4.78 is 23.6. The van der Waals surface area contributed by atoms with Crippen LogP contribution >= 0.6 is 0 Å². The molecule has 2 fully saturated rings. The average molecular weight is 628 g/mol. The van der Waals surface area contributed by atoms with Gasteiger partial charge in [-0.15, -0.1) is 0 Å². The van der Waals surface area contributed by atoms with Gasteiger partial charge in [-0.05, 0) is 36.6 Å². The van der Waals surface area contributed by atoms with Gasteiger partial charge in [0.1, 0.15) is 17.6 Å². The number of anilines is 2. The van der Waals surface area contributed by atoms with E-state index < -0.39 is 6.09 Å². The molecule has 0 bridgehead atoms. The van der Waals surface area contributed by atoms with Gasteiger partial charge in [0.15, 0.2) is 18.2 Å². The highest BCUT2D eigenvalue weighted by atomic mass is 16.6. The fraction of sp³-hybridized carbons (Fsp3) is 0.375. The fourth-order valence-electron chi connectivity index (χ4n) is 6.32. The molecule has 1 aliphatic carbocycles. The Labute approximate surface area is 263 Å². The summed E-state index contributed by atoms with van der Waals surface area (Å²) in [5.41, 5.74) is 2.18. The largest absolute Gasteiger partial charge is 0.497 e. The van der Waals surface area contributed by atoms with Crippen molar-refractivity contribution in [2.45, 2.75) is 50.5 Å². The summed E-state index contributed by atoms with van der Waals surface area (Å²) in [5.74, 6) is 1.89. The lowest BCUT2D eigenvalue weighted by atomic mass is 9.88. The molecule has 1 saturated heterocycles. The van der Waals surface area contributed by atoms with Crippen LogP contribution < -0.4 is 34.9 Å². The number of hydrogen-bond acceptors (Lipinski definition) is 11. The molecule has 3 aromatic heterocycles. The van der Waals surface area contributed by atoms with Crippen LogP contribution in [-0.2, 0) is 22.6 Å². The molecule has 2 aliphatic heterocycles. The number of carbonyl (C=O) groups excluding carboxylic acids is 2. The lowest BCUT2D eigenvalue weighted by Gasteiger charge is -2.33. The Morgan fingerprint density at radius 3 is 2.61 bits per heavy atom. The van der Waals surface area contributed by atoms with Gasteiger partial charge in [-0.1, -0.05) is 12.1 Å². The molecule has 14 nitrogen and oxygen atoms in total. The Balaban J connectivity index is 1.03. The van der Waals surface area contributed by atoms with E-state index in [2.05, 4.69) is 20.3 Å². The van der Waals surface area contributed by atoms with Crippen molar-refractivity contribution in [1.82, 2.24) is 24.8 Å². The molecule has 238 valence electrons. The highest BCUT2D eigenvalue weighted by molar-refractivity contribution is 5.97. The van der Waals surface area contributed by atoms with E-state index in [1.807, 2.05) is 30.3 Å². The summed E-state index contributed by atoms with van der Waals surface area (Å²) in [4.78, 5) is 55.2. The third-order valence-corrected chi connectivity index (χ3v) is 8.70. The third-order valence-electron chi connectivity index (χ3n) is 8.70. The first kappa shape index (κ1) is 29.5. The standard InChI is InChI=1S/C32H33N7O7/c1-43-21-6-3-19(4-7-21)17-38-29(41)18-45-27-16-35-31(36-30(27)38)39-24-9-5-20(13-26(24)46-32(39)42)33-11-12-37-25-14-22(44-2)15-34-23(25)8-10-28(37)40/h3-4,6-8,10,14-16,20,24,26,33H,5,9,11-13,17-18H2,1-2H3/t20-,24-,26-/m1/s1. The Bertz CT molecular complexity index is 1850. The van der Waals surface area contributed by atoms with Crippen molar-refractivity contribution >= 4 is 34.8 Å². The summed E-state index contributed by atoms with van der Waals surface area (Å²) in [6.45, 7) is 1.13. The summed E-state index contributed by atoms with van der Waals surface area (Å²) in [7, 11) is 3.16. The van der Waals surface area contributed by atoms with Gasteiger partial charge in [0.2, 0.25) is 5.95 Å². The normalized spacial score (nSPS) is 20.6. The molecule has 7 rings (SSSR count). The monoisotopic (exact) mass is 627 g/mol. The summed E-state index contributed by atoms with van der Waals surface area (Å²) >= 11 is 0. The zero-order valence-electron chi connectivity index (χ0n) is 25.4. The van der Waals surface area contributed by atoms with Crippen molar-refractivity contribution in [3.8, 4) is 17.2 Å². The van der Waals surface area contributed by atoms with Crippen molar-refractivity contribution in [2.24, 2.45) is 0 Å². The smallest absolute Gasteiger partial charge is 0.417 e. The second kappa shape index (κ2) is 12.3. The number of nitrogens with one attached hydrogen (secondary N) is 1. The van der Waals surface area contributed by atoms with E-state index in [9.17, 15) is 14.4 Å². The Morgan fingerprint density at radius 1 is 0.978 bits per heavy atom. The average Bonchev–Trinajstić information content (AvgIpc) is 3.41. The number of fused-ring (bicyclic) bond motifs is 3. The number of carbonyl (C=O) groups is 2. The van der Waals surface area contributed by atoms with Crippen LogP contribution in [0.3, 0.4) is 0 Å². The molecular formula is C32H33N7O7. The molecule has 1 saturated carbocycles. The van der Waals surface area contributed by atoms with E-state index in [4.69, 9.17) is 18.9 Å². The Morgan fingerprint density at radius 2 is 1.80 bits per heavy atom. The van der Waals surface area contributed by atoms with Crippen LogP contribution in [0.2, 0.25) is 0 Å². The lowest BCUT2D eigenvalue weighted by molar-refractivity contribution is -0.121. The van der Waals surface area contributed by atoms with Crippen LogP contribution in [0.1, 0.15) is 24.8 Å². The van der Waals surface area contributed by atoms with Gasteiger partial charge >= 0.3 is 6.09 Å². The van der Waals surface area contributed by atoms with E-state index in [1.165, 1.54) is 17.2 Å². The zero-order chi connectivity index (χ0) is 31.8. The van der Waals surface area contributed by atoms with Gasteiger partial charge in [-0.3, -0.25) is 19.5 Å². The number of pyridine rings is 2. The van der Waals surface area contributed by atoms with Crippen LogP contribution in [0.4, 0.5) is 16.6 Å². The van der Waals surface area contributed by atoms with Gasteiger partial charge < -0.3 is 28.8 Å². The van der Waals surface area contributed by atoms with Gasteiger partial charge in [-0.2, -0.15) is 4.98 Å². The number of rotatable bonds is 9. The fourth-order valence-corrected chi connectivity index (χ4v) is 6.32. The molecule has 4 aromatic rings. The molecule has 0 spiro atoms. The van der Waals surface area contributed by atoms with E-state index >= 15 is 0 Å². The van der Waals surface area contributed by atoms with E-state index in [0.717, 1.165) is 12.0 Å². The molecule has 46 heavy (non-hydrogen) atoms. The predicted molar refractivity (Wildman–Crippen MR) is 166 cm³/mol. The minimum Gasteiger partial charge on any atom is -0.497 e. The Kier molecular flexibility index (Phi) is 7.86. The lowest BCUT2D eigenvalue weighted by Crippen LogP contribution is -2.47.